The first kappa shape index (κ1) is 13.4. The van der Waals surface area contributed by atoms with Gasteiger partial charge in [-0.15, -0.1) is 0 Å². The van der Waals surface area contributed by atoms with Gasteiger partial charge in [-0.1, -0.05) is 11.6 Å². The third-order valence-electron chi connectivity index (χ3n) is 3.42. The van der Waals surface area contributed by atoms with Crippen molar-refractivity contribution in [1.29, 1.82) is 0 Å². The van der Waals surface area contributed by atoms with Gasteiger partial charge in [0.15, 0.2) is 0 Å². The molecule has 0 bridgehead atoms. The number of carbonyl (C=O) groups is 2. The van der Waals surface area contributed by atoms with E-state index in [1.165, 1.54) is 6.26 Å². The second-order valence-corrected chi connectivity index (χ2v) is 4.69. The van der Waals surface area contributed by atoms with Crippen molar-refractivity contribution in [3.05, 3.63) is 18.0 Å². The van der Waals surface area contributed by atoms with E-state index in [-0.39, 0.29) is 24.4 Å². The molecule has 2 rings (SSSR count). The number of carbonyl (C=O) groups excluding carboxylic acids is 1. The molecule has 19 heavy (non-hydrogen) atoms. The number of amides is 2. The highest BCUT2D eigenvalue weighted by Gasteiger charge is 2.32. The van der Waals surface area contributed by atoms with Gasteiger partial charge in [0.05, 0.1) is 12.5 Å². The van der Waals surface area contributed by atoms with E-state index in [0.29, 0.717) is 18.7 Å². The number of nitrogens with zero attached hydrogens (tertiary/aromatic N) is 1. The van der Waals surface area contributed by atoms with Crippen LogP contribution in [0.25, 0.3) is 0 Å². The summed E-state index contributed by atoms with van der Waals surface area (Å²) in [6.07, 6.45) is 3.89. The molecule has 2 amide bonds. The highest BCUT2D eigenvalue weighted by atomic mass is 16.5. The lowest BCUT2D eigenvalue weighted by Crippen LogP contribution is -2.39. The van der Waals surface area contributed by atoms with Crippen molar-refractivity contribution < 1.29 is 19.2 Å². The van der Waals surface area contributed by atoms with Crippen LogP contribution in [0.5, 0.6) is 0 Å². The monoisotopic (exact) mass is 267 g/mol. The van der Waals surface area contributed by atoms with E-state index in [1.54, 1.807) is 6.07 Å². The van der Waals surface area contributed by atoms with Gasteiger partial charge in [0, 0.05) is 12.6 Å². The van der Waals surface area contributed by atoms with Crippen LogP contribution in [0.3, 0.4) is 0 Å². The quantitative estimate of drug-likeness (QED) is 0.737. The molecule has 0 radical (unpaired) electrons. The molecule has 1 aliphatic carbocycles. The zero-order chi connectivity index (χ0) is 13.7. The zero-order valence-electron chi connectivity index (χ0n) is 10.5. The van der Waals surface area contributed by atoms with Crippen molar-refractivity contribution in [2.75, 3.05) is 6.54 Å². The van der Waals surface area contributed by atoms with E-state index in [4.69, 9.17) is 5.11 Å². The minimum atomic E-state index is -0.771. The first-order chi connectivity index (χ1) is 9.16. The topological polar surface area (TPSA) is 104 Å². The van der Waals surface area contributed by atoms with Gasteiger partial charge in [-0.3, -0.25) is 4.79 Å². The molecule has 1 aromatic heterocycles. The lowest BCUT2D eigenvalue weighted by molar-refractivity contribution is -0.142. The Bertz CT molecular complexity index is 432. The first-order valence-electron chi connectivity index (χ1n) is 6.30. The summed E-state index contributed by atoms with van der Waals surface area (Å²) in [6.45, 7) is 0.678. The van der Waals surface area contributed by atoms with Crippen LogP contribution in [0.4, 0.5) is 4.79 Å². The second-order valence-electron chi connectivity index (χ2n) is 4.69. The molecule has 7 nitrogen and oxygen atoms in total. The number of rotatable bonds is 5. The first-order valence-corrected chi connectivity index (χ1v) is 6.30. The van der Waals surface area contributed by atoms with E-state index >= 15 is 0 Å². The third kappa shape index (κ3) is 3.70. The molecule has 3 N–H and O–H groups in total. The average Bonchev–Trinajstić information content (AvgIpc) is 3.04. The summed E-state index contributed by atoms with van der Waals surface area (Å²) in [4.78, 5) is 22.5. The van der Waals surface area contributed by atoms with Crippen LogP contribution in [-0.4, -0.2) is 28.8 Å². The Balaban J connectivity index is 1.70. The summed E-state index contributed by atoms with van der Waals surface area (Å²) in [5.41, 5.74) is 0.638. The molecule has 7 heteroatoms. The van der Waals surface area contributed by atoms with Crippen LogP contribution in [0.15, 0.2) is 16.9 Å². The highest BCUT2D eigenvalue weighted by Crippen LogP contribution is 2.31. The number of hydrogen-bond donors (Lipinski definition) is 3. The maximum absolute atomic E-state index is 11.5. The van der Waals surface area contributed by atoms with Gasteiger partial charge in [-0.05, 0) is 18.8 Å². The summed E-state index contributed by atoms with van der Waals surface area (Å²) in [5.74, 6) is -1.08. The van der Waals surface area contributed by atoms with Crippen LogP contribution in [0, 0.1) is 11.8 Å². The fraction of sp³-hybridized carbons (Fsp3) is 0.583. The van der Waals surface area contributed by atoms with Crippen LogP contribution >= 0.6 is 0 Å². The molecule has 0 saturated heterocycles. The lowest BCUT2D eigenvalue weighted by Gasteiger charge is -2.16. The maximum atomic E-state index is 11.5. The smallest absolute Gasteiger partial charge is 0.315 e. The molecule has 2 unspecified atom stereocenters. The standard InChI is InChI=1S/C12H17N3O4/c16-11(17)10-3-1-2-8(10)6-13-12(18)14-7-9-4-5-19-15-9/h4-5,8,10H,1-3,6-7H2,(H,16,17)(H2,13,14,18). The van der Waals surface area contributed by atoms with Crippen molar-refractivity contribution in [3.63, 3.8) is 0 Å². The van der Waals surface area contributed by atoms with Crippen molar-refractivity contribution in [1.82, 2.24) is 15.8 Å². The summed E-state index contributed by atoms with van der Waals surface area (Å²) in [5, 5.41) is 18.0. The molecular weight excluding hydrogens is 250 g/mol. The van der Waals surface area contributed by atoms with Gasteiger partial charge in [0.25, 0.3) is 0 Å². The molecule has 2 atom stereocenters. The number of urea groups is 1. The summed E-state index contributed by atoms with van der Waals surface area (Å²) in [6, 6.07) is 1.34. The molecule has 1 fully saturated rings. The predicted octanol–water partition coefficient (Wildman–Crippen LogP) is 0.975. The largest absolute Gasteiger partial charge is 0.481 e. The number of carboxylic acid groups (broad SMARTS) is 1. The summed E-state index contributed by atoms with van der Waals surface area (Å²) >= 11 is 0. The van der Waals surface area contributed by atoms with Gasteiger partial charge < -0.3 is 20.3 Å². The molecule has 0 spiro atoms. The normalized spacial score (nSPS) is 22.1. The second kappa shape index (κ2) is 6.21. The fourth-order valence-corrected chi connectivity index (χ4v) is 2.39. The van der Waals surface area contributed by atoms with Crippen LogP contribution in [0.2, 0.25) is 0 Å². The molecule has 1 aromatic rings. The van der Waals surface area contributed by atoms with Crippen molar-refractivity contribution in [2.45, 2.75) is 25.8 Å². The number of aromatic nitrogens is 1. The Labute approximate surface area is 110 Å². The van der Waals surface area contributed by atoms with Gasteiger partial charge in [-0.2, -0.15) is 0 Å². The van der Waals surface area contributed by atoms with Gasteiger partial charge in [-0.25, -0.2) is 4.79 Å². The molecular formula is C12H17N3O4. The molecule has 0 aromatic carbocycles. The molecule has 0 aliphatic heterocycles. The lowest BCUT2D eigenvalue weighted by atomic mass is 9.96. The maximum Gasteiger partial charge on any atom is 0.315 e. The summed E-state index contributed by atoms with van der Waals surface area (Å²) < 4.78 is 4.64. The average molecular weight is 267 g/mol. The molecule has 1 aliphatic rings. The summed E-state index contributed by atoms with van der Waals surface area (Å²) in [7, 11) is 0. The van der Waals surface area contributed by atoms with Crippen LogP contribution < -0.4 is 10.6 Å². The molecule has 1 saturated carbocycles. The Kier molecular flexibility index (Phi) is 4.38. The number of aliphatic carboxylic acids is 1. The Morgan fingerprint density at radius 3 is 2.95 bits per heavy atom. The van der Waals surface area contributed by atoms with Gasteiger partial charge in [0.2, 0.25) is 0 Å². The zero-order valence-corrected chi connectivity index (χ0v) is 10.5. The van der Waals surface area contributed by atoms with E-state index in [9.17, 15) is 9.59 Å². The Hall–Kier alpha value is -2.05. The van der Waals surface area contributed by atoms with E-state index in [0.717, 1.165) is 12.8 Å². The van der Waals surface area contributed by atoms with Crippen molar-refractivity contribution in [3.8, 4) is 0 Å². The minimum Gasteiger partial charge on any atom is -0.481 e. The number of hydrogen-bond acceptors (Lipinski definition) is 4. The Morgan fingerprint density at radius 2 is 2.26 bits per heavy atom. The van der Waals surface area contributed by atoms with Gasteiger partial charge >= 0.3 is 12.0 Å². The Morgan fingerprint density at radius 1 is 1.42 bits per heavy atom. The predicted molar refractivity (Wildman–Crippen MR) is 65.2 cm³/mol. The number of nitrogens with one attached hydrogen (secondary N) is 2. The molecule has 1 heterocycles. The van der Waals surface area contributed by atoms with Gasteiger partial charge in [0.1, 0.15) is 12.0 Å². The van der Waals surface area contributed by atoms with E-state index < -0.39 is 5.97 Å². The number of carboxylic acids is 1. The minimum absolute atomic E-state index is 0.0234. The van der Waals surface area contributed by atoms with E-state index in [2.05, 4.69) is 20.3 Å². The fourth-order valence-electron chi connectivity index (χ4n) is 2.39. The van der Waals surface area contributed by atoms with Crippen molar-refractivity contribution in [2.24, 2.45) is 11.8 Å². The highest BCUT2D eigenvalue weighted by molar-refractivity contribution is 5.74. The van der Waals surface area contributed by atoms with E-state index in [1.807, 2.05) is 0 Å². The van der Waals surface area contributed by atoms with Crippen LogP contribution in [-0.2, 0) is 11.3 Å². The van der Waals surface area contributed by atoms with Crippen LogP contribution in [0.1, 0.15) is 25.0 Å². The molecule has 104 valence electrons. The third-order valence-corrected chi connectivity index (χ3v) is 3.42. The SMILES string of the molecule is O=C(NCc1ccon1)NCC1CCCC1C(=O)O. The van der Waals surface area contributed by atoms with Crippen molar-refractivity contribution >= 4 is 12.0 Å².